The fourth-order valence-electron chi connectivity index (χ4n) is 3.34. The molecule has 1 N–H and O–H groups in total. The lowest BCUT2D eigenvalue weighted by Crippen LogP contribution is -2.41. The Balaban J connectivity index is 1.55. The van der Waals surface area contributed by atoms with E-state index >= 15 is 0 Å². The first-order chi connectivity index (χ1) is 13.3. The second-order valence-electron chi connectivity index (χ2n) is 7.31. The SMILES string of the molecule is Cc1ccc(S(=O)(=O)NCC2CCN(C(=O)c3ccccc3F)CC2)cc1C. The first-order valence-corrected chi connectivity index (χ1v) is 10.9. The highest BCUT2D eigenvalue weighted by Gasteiger charge is 2.26. The second kappa shape index (κ2) is 8.41. The van der Waals surface area contributed by atoms with E-state index in [9.17, 15) is 17.6 Å². The third kappa shape index (κ3) is 4.59. The number of piperidine rings is 1. The van der Waals surface area contributed by atoms with Crippen LogP contribution in [0.25, 0.3) is 0 Å². The average Bonchev–Trinajstić information content (AvgIpc) is 2.69. The summed E-state index contributed by atoms with van der Waals surface area (Å²) in [6, 6.07) is 11.1. The lowest BCUT2D eigenvalue weighted by Gasteiger charge is -2.32. The fraction of sp³-hybridized carbons (Fsp3) is 0.381. The molecule has 0 spiro atoms. The Morgan fingerprint density at radius 2 is 1.79 bits per heavy atom. The van der Waals surface area contributed by atoms with E-state index in [4.69, 9.17) is 0 Å². The molecule has 2 aromatic rings. The van der Waals surface area contributed by atoms with Gasteiger partial charge in [-0.25, -0.2) is 17.5 Å². The summed E-state index contributed by atoms with van der Waals surface area (Å²) < 4.78 is 41.5. The van der Waals surface area contributed by atoms with Crippen molar-refractivity contribution in [2.24, 2.45) is 5.92 Å². The van der Waals surface area contributed by atoms with Crippen LogP contribution in [0.15, 0.2) is 47.4 Å². The Morgan fingerprint density at radius 3 is 2.43 bits per heavy atom. The Kier molecular flexibility index (Phi) is 6.15. The van der Waals surface area contributed by atoms with Gasteiger partial charge in [0.15, 0.2) is 0 Å². The quantitative estimate of drug-likeness (QED) is 0.832. The van der Waals surface area contributed by atoms with Crippen LogP contribution in [0.1, 0.15) is 34.3 Å². The van der Waals surface area contributed by atoms with Crippen LogP contribution in [-0.2, 0) is 10.0 Å². The van der Waals surface area contributed by atoms with Crippen LogP contribution in [0, 0.1) is 25.6 Å². The fourth-order valence-corrected chi connectivity index (χ4v) is 4.54. The third-order valence-corrected chi connectivity index (χ3v) is 6.78. The molecule has 3 rings (SSSR count). The molecule has 1 aliphatic heterocycles. The molecule has 7 heteroatoms. The summed E-state index contributed by atoms with van der Waals surface area (Å²) in [7, 11) is -3.56. The van der Waals surface area contributed by atoms with Crippen LogP contribution in [0.5, 0.6) is 0 Å². The number of nitrogens with one attached hydrogen (secondary N) is 1. The highest BCUT2D eigenvalue weighted by Crippen LogP contribution is 2.21. The number of hydrogen-bond donors (Lipinski definition) is 1. The summed E-state index contributed by atoms with van der Waals surface area (Å²) in [5.74, 6) is -0.686. The predicted octanol–water partition coefficient (Wildman–Crippen LogP) is 3.27. The van der Waals surface area contributed by atoms with Crippen molar-refractivity contribution in [3.05, 3.63) is 65.0 Å². The van der Waals surface area contributed by atoms with Crippen molar-refractivity contribution in [3.63, 3.8) is 0 Å². The lowest BCUT2D eigenvalue weighted by atomic mass is 9.96. The number of amides is 1. The standard InChI is InChI=1S/C21H25FN2O3S/c1-15-7-8-18(13-16(15)2)28(26,27)23-14-17-9-11-24(12-10-17)21(25)19-5-3-4-6-20(19)22/h3-8,13,17,23H,9-12,14H2,1-2H3. The molecule has 0 aromatic heterocycles. The van der Waals surface area contributed by atoms with Gasteiger partial charge in [0.2, 0.25) is 10.0 Å². The first-order valence-electron chi connectivity index (χ1n) is 9.38. The molecular formula is C21H25FN2O3S. The first kappa shape index (κ1) is 20.5. The molecule has 0 aliphatic carbocycles. The average molecular weight is 405 g/mol. The zero-order valence-electron chi connectivity index (χ0n) is 16.1. The number of benzene rings is 2. The van der Waals surface area contributed by atoms with Crippen LogP contribution in [-0.4, -0.2) is 38.9 Å². The van der Waals surface area contributed by atoms with E-state index in [2.05, 4.69) is 4.72 Å². The van der Waals surface area contributed by atoms with Crippen molar-refractivity contribution in [1.29, 1.82) is 0 Å². The van der Waals surface area contributed by atoms with Crippen LogP contribution < -0.4 is 4.72 Å². The molecule has 0 saturated carbocycles. The highest BCUT2D eigenvalue weighted by molar-refractivity contribution is 7.89. The molecule has 1 amide bonds. The molecule has 2 aromatic carbocycles. The molecule has 1 heterocycles. The highest BCUT2D eigenvalue weighted by atomic mass is 32.2. The summed E-state index contributed by atoms with van der Waals surface area (Å²) in [6.07, 6.45) is 1.35. The van der Waals surface area contributed by atoms with Gasteiger partial charge in [-0.1, -0.05) is 18.2 Å². The summed E-state index contributed by atoms with van der Waals surface area (Å²) in [6.45, 7) is 5.13. The maximum atomic E-state index is 13.8. The Bertz CT molecular complexity index is 967. The Labute approximate surface area is 165 Å². The Morgan fingerprint density at radius 1 is 1.11 bits per heavy atom. The van der Waals surface area contributed by atoms with Crippen LogP contribution in [0.3, 0.4) is 0 Å². The largest absolute Gasteiger partial charge is 0.339 e. The van der Waals surface area contributed by atoms with Gasteiger partial charge < -0.3 is 4.90 Å². The number of hydrogen-bond acceptors (Lipinski definition) is 3. The number of rotatable bonds is 5. The zero-order chi connectivity index (χ0) is 20.3. The van der Waals surface area contributed by atoms with E-state index in [-0.39, 0.29) is 22.3 Å². The number of carbonyl (C=O) groups excluding carboxylic acids is 1. The molecule has 0 atom stereocenters. The van der Waals surface area contributed by atoms with E-state index in [1.165, 1.54) is 12.1 Å². The molecule has 0 radical (unpaired) electrons. The number of aryl methyl sites for hydroxylation is 2. The predicted molar refractivity (Wildman–Crippen MR) is 106 cm³/mol. The van der Waals surface area contributed by atoms with Gasteiger partial charge in [0.25, 0.3) is 5.91 Å². The second-order valence-corrected chi connectivity index (χ2v) is 9.08. The lowest BCUT2D eigenvalue weighted by molar-refractivity contribution is 0.0687. The van der Waals surface area contributed by atoms with E-state index < -0.39 is 15.8 Å². The van der Waals surface area contributed by atoms with Gasteiger partial charge in [0.05, 0.1) is 10.5 Å². The molecule has 5 nitrogen and oxygen atoms in total. The van der Waals surface area contributed by atoms with E-state index in [1.807, 2.05) is 13.8 Å². The van der Waals surface area contributed by atoms with Crippen LogP contribution in [0.4, 0.5) is 4.39 Å². The Hall–Kier alpha value is -2.25. The minimum Gasteiger partial charge on any atom is -0.339 e. The maximum absolute atomic E-state index is 13.8. The van der Waals surface area contributed by atoms with Crippen LogP contribution in [0.2, 0.25) is 0 Å². The van der Waals surface area contributed by atoms with Crippen molar-refractivity contribution < 1.29 is 17.6 Å². The van der Waals surface area contributed by atoms with Gasteiger partial charge in [0, 0.05) is 19.6 Å². The van der Waals surface area contributed by atoms with Crippen LogP contribution >= 0.6 is 0 Å². The minimum atomic E-state index is -3.56. The van der Waals surface area contributed by atoms with Crippen molar-refractivity contribution in [1.82, 2.24) is 9.62 Å². The smallest absolute Gasteiger partial charge is 0.256 e. The molecule has 150 valence electrons. The van der Waals surface area contributed by atoms with Gasteiger partial charge in [-0.2, -0.15) is 0 Å². The van der Waals surface area contributed by atoms with Gasteiger partial charge in [-0.15, -0.1) is 0 Å². The van der Waals surface area contributed by atoms with Gasteiger partial charge >= 0.3 is 0 Å². The topological polar surface area (TPSA) is 66.5 Å². The van der Waals surface area contributed by atoms with E-state index in [0.717, 1.165) is 11.1 Å². The van der Waals surface area contributed by atoms with Crippen molar-refractivity contribution in [2.45, 2.75) is 31.6 Å². The molecule has 28 heavy (non-hydrogen) atoms. The minimum absolute atomic E-state index is 0.0800. The molecule has 1 saturated heterocycles. The summed E-state index contributed by atoms with van der Waals surface area (Å²) in [5, 5.41) is 0. The van der Waals surface area contributed by atoms with E-state index in [1.54, 1.807) is 35.2 Å². The van der Waals surface area contributed by atoms with Crippen molar-refractivity contribution >= 4 is 15.9 Å². The van der Waals surface area contributed by atoms with Crippen molar-refractivity contribution in [2.75, 3.05) is 19.6 Å². The normalized spacial score (nSPS) is 15.6. The molecule has 1 fully saturated rings. The number of sulfonamides is 1. The zero-order valence-corrected chi connectivity index (χ0v) is 16.9. The molecule has 0 unspecified atom stereocenters. The number of likely N-dealkylation sites (tertiary alicyclic amines) is 1. The van der Waals surface area contributed by atoms with Gasteiger partial charge in [-0.05, 0) is 68.0 Å². The number of nitrogens with zero attached hydrogens (tertiary/aromatic N) is 1. The summed E-state index contributed by atoms with van der Waals surface area (Å²) in [5.41, 5.74) is 2.06. The van der Waals surface area contributed by atoms with Gasteiger partial charge in [0.1, 0.15) is 5.82 Å². The molecule has 1 aliphatic rings. The van der Waals surface area contributed by atoms with E-state index in [0.29, 0.717) is 32.5 Å². The number of carbonyl (C=O) groups is 1. The number of halogens is 1. The maximum Gasteiger partial charge on any atom is 0.256 e. The summed E-state index contributed by atoms with van der Waals surface area (Å²) in [4.78, 5) is 14.4. The van der Waals surface area contributed by atoms with Gasteiger partial charge in [-0.3, -0.25) is 4.79 Å². The van der Waals surface area contributed by atoms with Crippen molar-refractivity contribution in [3.8, 4) is 0 Å². The summed E-state index contributed by atoms with van der Waals surface area (Å²) >= 11 is 0. The monoisotopic (exact) mass is 404 g/mol. The molecular weight excluding hydrogens is 379 g/mol. The molecule has 0 bridgehead atoms. The third-order valence-electron chi connectivity index (χ3n) is 5.36.